The molecule has 4 heteroatoms. The molecule has 1 aliphatic rings. The molecule has 1 N–H and O–H groups in total. The fraction of sp³-hybridized carbons (Fsp3) is 0.333. The standard InChI is InChI=1S/C15H18N4/c1-2-7-18-14(5-1)15(13-4-3-6-17-12-13)19-10-8-16-9-11-19/h1-7,12,15-16H,8-11H2/t15-/m0/s1. The molecule has 2 aromatic heterocycles. The molecule has 0 aromatic carbocycles. The summed E-state index contributed by atoms with van der Waals surface area (Å²) >= 11 is 0. The van der Waals surface area contributed by atoms with Crippen LogP contribution in [0.4, 0.5) is 0 Å². The number of nitrogens with zero attached hydrogens (tertiary/aromatic N) is 3. The van der Waals surface area contributed by atoms with Crippen molar-refractivity contribution in [2.45, 2.75) is 6.04 Å². The second-order valence-corrected chi connectivity index (χ2v) is 4.73. The Morgan fingerprint density at radius 3 is 2.63 bits per heavy atom. The van der Waals surface area contributed by atoms with Crippen LogP contribution < -0.4 is 5.32 Å². The Labute approximate surface area is 113 Å². The van der Waals surface area contributed by atoms with E-state index in [4.69, 9.17) is 0 Å². The summed E-state index contributed by atoms with van der Waals surface area (Å²) in [5.41, 5.74) is 2.31. The van der Waals surface area contributed by atoms with Crippen LogP contribution in [-0.2, 0) is 0 Å². The van der Waals surface area contributed by atoms with E-state index in [1.54, 1.807) is 0 Å². The Morgan fingerprint density at radius 2 is 1.95 bits per heavy atom. The van der Waals surface area contributed by atoms with Crippen LogP contribution in [0.25, 0.3) is 0 Å². The first-order valence-corrected chi connectivity index (χ1v) is 6.71. The van der Waals surface area contributed by atoms with Gasteiger partial charge in [0.1, 0.15) is 0 Å². The summed E-state index contributed by atoms with van der Waals surface area (Å²) in [6.07, 6.45) is 5.62. The maximum absolute atomic E-state index is 4.54. The zero-order valence-electron chi connectivity index (χ0n) is 10.9. The summed E-state index contributed by atoms with van der Waals surface area (Å²) in [7, 11) is 0. The molecule has 0 unspecified atom stereocenters. The predicted molar refractivity (Wildman–Crippen MR) is 74.8 cm³/mol. The first-order chi connectivity index (χ1) is 9.45. The van der Waals surface area contributed by atoms with Gasteiger partial charge in [0.15, 0.2) is 0 Å². The summed E-state index contributed by atoms with van der Waals surface area (Å²) in [4.78, 5) is 11.3. The Bertz CT molecular complexity index is 455. The van der Waals surface area contributed by atoms with Gasteiger partial charge in [-0.2, -0.15) is 0 Å². The average molecular weight is 254 g/mol. The lowest BCUT2D eigenvalue weighted by Crippen LogP contribution is -2.45. The van der Waals surface area contributed by atoms with Gasteiger partial charge in [0, 0.05) is 44.8 Å². The van der Waals surface area contributed by atoms with E-state index in [9.17, 15) is 0 Å². The third kappa shape index (κ3) is 2.80. The minimum atomic E-state index is 0.206. The predicted octanol–water partition coefficient (Wildman–Crippen LogP) is 1.47. The minimum absolute atomic E-state index is 0.206. The first kappa shape index (κ1) is 12.3. The molecule has 2 aromatic rings. The third-order valence-electron chi connectivity index (χ3n) is 3.48. The van der Waals surface area contributed by atoms with Gasteiger partial charge >= 0.3 is 0 Å². The van der Waals surface area contributed by atoms with Crippen molar-refractivity contribution in [1.82, 2.24) is 20.2 Å². The molecule has 4 nitrogen and oxygen atoms in total. The van der Waals surface area contributed by atoms with Crippen molar-refractivity contribution in [3.8, 4) is 0 Å². The molecule has 0 saturated carbocycles. The molecule has 0 radical (unpaired) electrons. The van der Waals surface area contributed by atoms with Crippen molar-refractivity contribution in [3.05, 3.63) is 60.2 Å². The molecule has 1 fully saturated rings. The van der Waals surface area contributed by atoms with Crippen LogP contribution in [0.1, 0.15) is 17.3 Å². The second-order valence-electron chi connectivity index (χ2n) is 4.73. The number of pyridine rings is 2. The zero-order valence-corrected chi connectivity index (χ0v) is 10.9. The van der Waals surface area contributed by atoms with Crippen molar-refractivity contribution in [2.24, 2.45) is 0 Å². The lowest BCUT2D eigenvalue weighted by atomic mass is 10.0. The van der Waals surface area contributed by atoms with Crippen LogP contribution in [0, 0.1) is 0 Å². The summed E-state index contributed by atoms with van der Waals surface area (Å²) in [5, 5.41) is 3.39. The van der Waals surface area contributed by atoms with E-state index >= 15 is 0 Å². The van der Waals surface area contributed by atoms with E-state index in [2.05, 4.69) is 32.3 Å². The van der Waals surface area contributed by atoms with E-state index in [1.165, 1.54) is 5.56 Å². The third-order valence-corrected chi connectivity index (χ3v) is 3.48. The molecule has 0 spiro atoms. The highest BCUT2D eigenvalue weighted by molar-refractivity contribution is 5.25. The number of hydrogen-bond donors (Lipinski definition) is 1. The van der Waals surface area contributed by atoms with Gasteiger partial charge in [-0.3, -0.25) is 14.9 Å². The van der Waals surface area contributed by atoms with E-state index in [1.807, 2.05) is 36.8 Å². The van der Waals surface area contributed by atoms with Crippen LogP contribution in [0.15, 0.2) is 48.9 Å². The quantitative estimate of drug-likeness (QED) is 0.900. The van der Waals surface area contributed by atoms with Crippen LogP contribution >= 0.6 is 0 Å². The molecule has 3 heterocycles. The Hall–Kier alpha value is -1.78. The van der Waals surface area contributed by atoms with Crippen molar-refractivity contribution >= 4 is 0 Å². The summed E-state index contributed by atoms with van der Waals surface area (Å²) in [6.45, 7) is 4.14. The topological polar surface area (TPSA) is 41.1 Å². The molecular formula is C15H18N4. The number of hydrogen-bond acceptors (Lipinski definition) is 4. The van der Waals surface area contributed by atoms with Crippen LogP contribution in [-0.4, -0.2) is 41.0 Å². The van der Waals surface area contributed by atoms with Gasteiger partial charge in [0.05, 0.1) is 11.7 Å². The number of piperazine rings is 1. The minimum Gasteiger partial charge on any atom is -0.314 e. The highest BCUT2D eigenvalue weighted by Gasteiger charge is 2.24. The highest BCUT2D eigenvalue weighted by atomic mass is 15.2. The van der Waals surface area contributed by atoms with Crippen molar-refractivity contribution < 1.29 is 0 Å². The highest BCUT2D eigenvalue weighted by Crippen LogP contribution is 2.26. The van der Waals surface area contributed by atoms with Gasteiger partial charge in [0.2, 0.25) is 0 Å². The molecule has 0 bridgehead atoms. The lowest BCUT2D eigenvalue weighted by Gasteiger charge is -2.34. The van der Waals surface area contributed by atoms with Gasteiger partial charge in [0.25, 0.3) is 0 Å². The molecule has 0 aliphatic carbocycles. The Balaban J connectivity index is 1.96. The van der Waals surface area contributed by atoms with E-state index < -0.39 is 0 Å². The van der Waals surface area contributed by atoms with E-state index in [-0.39, 0.29) is 6.04 Å². The number of aromatic nitrogens is 2. The van der Waals surface area contributed by atoms with Gasteiger partial charge in [-0.05, 0) is 23.8 Å². The number of nitrogens with one attached hydrogen (secondary N) is 1. The van der Waals surface area contributed by atoms with Crippen molar-refractivity contribution in [3.63, 3.8) is 0 Å². The molecule has 3 rings (SSSR count). The fourth-order valence-electron chi connectivity index (χ4n) is 2.58. The molecule has 98 valence electrons. The van der Waals surface area contributed by atoms with Gasteiger partial charge in [-0.25, -0.2) is 0 Å². The zero-order chi connectivity index (χ0) is 12.9. The maximum atomic E-state index is 4.54. The van der Waals surface area contributed by atoms with Gasteiger partial charge < -0.3 is 5.32 Å². The Morgan fingerprint density at radius 1 is 1.05 bits per heavy atom. The average Bonchev–Trinajstić information content (AvgIpc) is 2.51. The molecule has 1 saturated heterocycles. The first-order valence-electron chi connectivity index (χ1n) is 6.71. The maximum Gasteiger partial charge on any atom is 0.0792 e. The largest absolute Gasteiger partial charge is 0.314 e. The normalized spacial score (nSPS) is 18.1. The second kappa shape index (κ2) is 5.91. The molecule has 1 atom stereocenters. The van der Waals surface area contributed by atoms with Crippen molar-refractivity contribution in [2.75, 3.05) is 26.2 Å². The van der Waals surface area contributed by atoms with E-state index in [0.717, 1.165) is 31.9 Å². The van der Waals surface area contributed by atoms with Crippen LogP contribution in [0.2, 0.25) is 0 Å². The van der Waals surface area contributed by atoms with Gasteiger partial charge in [-0.15, -0.1) is 0 Å². The number of rotatable bonds is 3. The summed E-state index contributed by atoms with van der Waals surface area (Å²) in [5.74, 6) is 0. The fourth-order valence-corrected chi connectivity index (χ4v) is 2.58. The smallest absolute Gasteiger partial charge is 0.0792 e. The summed E-state index contributed by atoms with van der Waals surface area (Å²) < 4.78 is 0. The molecule has 19 heavy (non-hydrogen) atoms. The SMILES string of the molecule is c1ccc([C@H](c2cccnc2)N2CCNCC2)nc1. The van der Waals surface area contributed by atoms with Crippen LogP contribution in [0.5, 0.6) is 0 Å². The van der Waals surface area contributed by atoms with Crippen molar-refractivity contribution in [1.29, 1.82) is 0 Å². The van der Waals surface area contributed by atoms with E-state index in [0.29, 0.717) is 0 Å². The summed E-state index contributed by atoms with van der Waals surface area (Å²) in [6, 6.07) is 10.4. The lowest BCUT2D eigenvalue weighted by molar-refractivity contribution is 0.195. The molecule has 1 aliphatic heterocycles. The molecule has 0 amide bonds. The van der Waals surface area contributed by atoms with Gasteiger partial charge in [-0.1, -0.05) is 12.1 Å². The van der Waals surface area contributed by atoms with Crippen LogP contribution in [0.3, 0.4) is 0 Å². The molecular weight excluding hydrogens is 236 g/mol. The monoisotopic (exact) mass is 254 g/mol. The Kier molecular flexibility index (Phi) is 3.81.